The molecule has 3 aromatic rings. The normalized spacial score (nSPS) is 16.4. The van der Waals surface area contributed by atoms with E-state index < -0.39 is 12.0 Å². The van der Waals surface area contributed by atoms with Crippen molar-refractivity contribution in [3.05, 3.63) is 65.1 Å². The van der Waals surface area contributed by atoms with Gasteiger partial charge in [-0.05, 0) is 68.0 Å². The first-order chi connectivity index (χ1) is 15.4. The summed E-state index contributed by atoms with van der Waals surface area (Å²) in [5.41, 5.74) is 3.51. The first-order valence-electron chi connectivity index (χ1n) is 10.9. The molecular formula is C25H27FN2O4. The molecule has 0 saturated carbocycles. The molecule has 0 spiro atoms. The van der Waals surface area contributed by atoms with Gasteiger partial charge in [-0.1, -0.05) is 25.1 Å². The van der Waals surface area contributed by atoms with E-state index in [1.54, 1.807) is 6.07 Å². The van der Waals surface area contributed by atoms with Crippen LogP contribution in [0.3, 0.4) is 0 Å². The quantitative estimate of drug-likeness (QED) is 0.580. The van der Waals surface area contributed by atoms with Crippen LogP contribution in [0.5, 0.6) is 5.75 Å². The number of carboxylic acid groups (broad SMARTS) is 1. The van der Waals surface area contributed by atoms with E-state index in [1.807, 2.05) is 42.7 Å². The van der Waals surface area contributed by atoms with E-state index in [-0.39, 0.29) is 24.4 Å². The zero-order chi connectivity index (χ0) is 22.8. The number of carboxylic acids is 1. The molecule has 0 radical (unpaired) electrons. The molecule has 0 fully saturated rings. The molecule has 6 nitrogen and oxygen atoms in total. The van der Waals surface area contributed by atoms with Gasteiger partial charge in [0.25, 0.3) is 5.91 Å². The van der Waals surface area contributed by atoms with E-state index in [0.29, 0.717) is 31.4 Å². The van der Waals surface area contributed by atoms with Crippen molar-refractivity contribution >= 4 is 22.8 Å². The number of nitrogens with one attached hydrogen (secondary N) is 1. The van der Waals surface area contributed by atoms with Crippen LogP contribution in [0.15, 0.2) is 42.5 Å². The van der Waals surface area contributed by atoms with Crippen molar-refractivity contribution < 1.29 is 23.8 Å². The average Bonchev–Trinajstić information content (AvgIpc) is 3.06. The zero-order valence-corrected chi connectivity index (χ0v) is 18.2. The van der Waals surface area contributed by atoms with Gasteiger partial charge < -0.3 is 19.7 Å². The third-order valence-electron chi connectivity index (χ3n) is 6.16. The van der Waals surface area contributed by atoms with Crippen LogP contribution in [0.4, 0.5) is 4.39 Å². The van der Waals surface area contributed by atoms with Crippen molar-refractivity contribution in [2.75, 3.05) is 6.61 Å². The standard InChI is InChI=1S/C25H27FN2O4/c1-3-20(25(30)31)28-21-10-8-16(26)12-18(21)19-13-17(9-11-22(19)28)27-24(29)14-32-23-7-5-4-6-15(23)2/h4-8,10,12,17,20H,3,9,11,13-14H2,1-2H3,(H,27,29)(H,30,31)/t17-,20?/m0/s1. The van der Waals surface area contributed by atoms with Gasteiger partial charge in [0.15, 0.2) is 6.61 Å². The minimum atomic E-state index is -0.902. The summed E-state index contributed by atoms with van der Waals surface area (Å²) in [5, 5.41) is 13.5. The number of amides is 1. The predicted octanol–water partition coefficient (Wildman–Crippen LogP) is 4.18. The number of rotatable bonds is 7. The summed E-state index contributed by atoms with van der Waals surface area (Å²) in [6.07, 6.45) is 2.24. The van der Waals surface area contributed by atoms with E-state index in [1.165, 1.54) is 12.1 Å². The monoisotopic (exact) mass is 438 g/mol. The molecule has 7 heteroatoms. The van der Waals surface area contributed by atoms with Crippen molar-refractivity contribution in [1.29, 1.82) is 0 Å². The Hall–Kier alpha value is -3.35. The van der Waals surface area contributed by atoms with Gasteiger partial charge in [-0.2, -0.15) is 0 Å². The number of halogens is 1. The number of aryl methyl sites for hydroxylation is 1. The summed E-state index contributed by atoms with van der Waals surface area (Å²) in [6, 6.07) is 11.2. The Morgan fingerprint density at radius 1 is 1.28 bits per heavy atom. The van der Waals surface area contributed by atoms with Gasteiger partial charge in [-0.15, -0.1) is 0 Å². The molecule has 1 aromatic heterocycles. The Kier molecular flexibility index (Phi) is 6.17. The highest BCUT2D eigenvalue weighted by Gasteiger charge is 2.31. The van der Waals surface area contributed by atoms with Gasteiger partial charge in [-0.25, -0.2) is 9.18 Å². The lowest BCUT2D eigenvalue weighted by atomic mass is 9.91. The van der Waals surface area contributed by atoms with Crippen LogP contribution in [-0.2, 0) is 22.4 Å². The van der Waals surface area contributed by atoms with Crippen LogP contribution >= 0.6 is 0 Å². The number of carbonyl (C=O) groups is 2. The highest BCUT2D eigenvalue weighted by molar-refractivity contribution is 5.88. The molecule has 2 atom stereocenters. The summed E-state index contributed by atoms with van der Waals surface area (Å²) in [4.78, 5) is 24.4. The Morgan fingerprint density at radius 3 is 2.78 bits per heavy atom. The molecule has 1 heterocycles. The largest absolute Gasteiger partial charge is 0.484 e. The summed E-state index contributed by atoms with van der Waals surface area (Å²) in [5.74, 6) is -0.807. The molecule has 32 heavy (non-hydrogen) atoms. The predicted molar refractivity (Wildman–Crippen MR) is 119 cm³/mol. The Bertz CT molecular complexity index is 1170. The summed E-state index contributed by atoms with van der Waals surface area (Å²) < 4.78 is 21.5. The van der Waals surface area contributed by atoms with Crippen molar-refractivity contribution in [3.63, 3.8) is 0 Å². The van der Waals surface area contributed by atoms with Crippen LogP contribution in [0, 0.1) is 12.7 Å². The number of aromatic nitrogens is 1. The molecule has 0 aliphatic heterocycles. The smallest absolute Gasteiger partial charge is 0.326 e. The number of ether oxygens (including phenoxy) is 1. The first kappa shape index (κ1) is 21.9. The van der Waals surface area contributed by atoms with Gasteiger partial charge in [0, 0.05) is 22.6 Å². The highest BCUT2D eigenvalue weighted by Crippen LogP contribution is 2.36. The van der Waals surface area contributed by atoms with Crippen LogP contribution in [0.25, 0.3) is 10.9 Å². The van der Waals surface area contributed by atoms with E-state index in [0.717, 1.165) is 27.7 Å². The van der Waals surface area contributed by atoms with Crippen molar-refractivity contribution in [1.82, 2.24) is 9.88 Å². The van der Waals surface area contributed by atoms with Gasteiger partial charge in [0.2, 0.25) is 0 Å². The minimum absolute atomic E-state index is 0.0818. The Labute approximate surface area is 186 Å². The van der Waals surface area contributed by atoms with Gasteiger partial charge in [0.1, 0.15) is 17.6 Å². The molecule has 1 aliphatic carbocycles. The van der Waals surface area contributed by atoms with Gasteiger partial charge in [-0.3, -0.25) is 4.79 Å². The second kappa shape index (κ2) is 9.02. The third kappa shape index (κ3) is 4.20. The topological polar surface area (TPSA) is 80.6 Å². The summed E-state index contributed by atoms with van der Waals surface area (Å²) in [7, 11) is 0. The third-order valence-corrected chi connectivity index (χ3v) is 6.16. The lowest BCUT2D eigenvalue weighted by Gasteiger charge is -2.26. The lowest BCUT2D eigenvalue weighted by molar-refractivity contribution is -0.141. The minimum Gasteiger partial charge on any atom is -0.484 e. The second-order valence-electron chi connectivity index (χ2n) is 8.28. The average molecular weight is 438 g/mol. The van der Waals surface area contributed by atoms with Crippen LogP contribution in [0.2, 0.25) is 0 Å². The molecule has 2 aromatic carbocycles. The zero-order valence-electron chi connectivity index (χ0n) is 18.2. The van der Waals surface area contributed by atoms with Crippen molar-refractivity contribution in [3.8, 4) is 5.75 Å². The number of hydrogen-bond acceptors (Lipinski definition) is 3. The number of fused-ring (bicyclic) bond motifs is 3. The fraction of sp³-hybridized carbons (Fsp3) is 0.360. The van der Waals surface area contributed by atoms with Crippen LogP contribution < -0.4 is 10.1 Å². The number of para-hydroxylation sites is 1. The SMILES string of the molecule is CCC(C(=O)O)n1c2c(c3cc(F)ccc31)C[C@@H](NC(=O)COc1ccccc1C)CC2. The molecule has 2 N–H and O–H groups in total. The molecule has 0 bridgehead atoms. The number of carbonyl (C=O) groups excluding carboxylic acids is 1. The summed E-state index contributed by atoms with van der Waals surface area (Å²) >= 11 is 0. The van der Waals surface area contributed by atoms with E-state index in [2.05, 4.69) is 5.32 Å². The molecule has 4 rings (SSSR count). The molecular weight excluding hydrogens is 411 g/mol. The van der Waals surface area contributed by atoms with Gasteiger partial charge >= 0.3 is 5.97 Å². The van der Waals surface area contributed by atoms with E-state index >= 15 is 0 Å². The maximum atomic E-state index is 14.0. The fourth-order valence-corrected chi connectivity index (χ4v) is 4.64. The van der Waals surface area contributed by atoms with E-state index in [9.17, 15) is 19.1 Å². The van der Waals surface area contributed by atoms with Gasteiger partial charge in [0.05, 0.1) is 0 Å². The first-order valence-corrected chi connectivity index (χ1v) is 10.9. The molecule has 1 amide bonds. The number of benzene rings is 2. The highest BCUT2D eigenvalue weighted by atomic mass is 19.1. The fourth-order valence-electron chi connectivity index (χ4n) is 4.64. The molecule has 168 valence electrons. The van der Waals surface area contributed by atoms with E-state index in [4.69, 9.17) is 4.74 Å². The molecule has 1 unspecified atom stereocenters. The molecule has 0 saturated heterocycles. The summed E-state index contributed by atoms with van der Waals surface area (Å²) in [6.45, 7) is 3.67. The second-order valence-corrected chi connectivity index (χ2v) is 8.28. The molecule has 1 aliphatic rings. The van der Waals surface area contributed by atoms with Crippen LogP contribution in [-0.4, -0.2) is 34.2 Å². The van der Waals surface area contributed by atoms with Crippen LogP contribution in [0.1, 0.15) is 42.6 Å². The number of aliphatic carboxylic acids is 1. The maximum absolute atomic E-state index is 14.0. The lowest BCUT2D eigenvalue weighted by Crippen LogP contribution is -2.41. The maximum Gasteiger partial charge on any atom is 0.326 e. The van der Waals surface area contributed by atoms with Crippen molar-refractivity contribution in [2.45, 2.75) is 51.6 Å². The number of nitrogens with zero attached hydrogens (tertiary/aromatic N) is 1. The Balaban J connectivity index is 1.55. The number of hydrogen-bond donors (Lipinski definition) is 2. The Morgan fingerprint density at radius 2 is 2.06 bits per heavy atom. The van der Waals surface area contributed by atoms with Crippen molar-refractivity contribution in [2.24, 2.45) is 0 Å².